The third-order valence-electron chi connectivity index (χ3n) is 3.91. The van der Waals surface area contributed by atoms with E-state index in [1.807, 2.05) is 43.3 Å². The summed E-state index contributed by atoms with van der Waals surface area (Å²) in [6.07, 6.45) is 1.59. The van der Waals surface area contributed by atoms with Crippen molar-refractivity contribution in [2.45, 2.75) is 6.92 Å². The lowest BCUT2D eigenvalue weighted by Gasteiger charge is -2.10. The standard InChI is InChI=1S/C19H14ClN3S/c1-12-15(20)8-5-9-16(12)23-18-14-10-17(13-6-3-2-4-7-13)24-19(14)22-11-21-18/h2-11H,1H3,(H,21,22,23). The Kier molecular flexibility index (Phi) is 3.92. The van der Waals surface area contributed by atoms with E-state index in [1.165, 1.54) is 10.4 Å². The number of hydrogen-bond acceptors (Lipinski definition) is 4. The molecule has 0 amide bonds. The van der Waals surface area contributed by atoms with Crippen LogP contribution in [0.5, 0.6) is 0 Å². The highest BCUT2D eigenvalue weighted by Crippen LogP contribution is 2.36. The molecule has 0 radical (unpaired) electrons. The van der Waals surface area contributed by atoms with Crippen molar-refractivity contribution in [1.29, 1.82) is 0 Å². The minimum atomic E-state index is 0.737. The average Bonchev–Trinajstić information content (AvgIpc) is 3.05. The summed E-state index contributed by atoms with van der Waals surface area (Å²) in [5, 5.41) is 5.14. The van der Waals surface area contributed by atoms with Gasteiger partial charge in [-0.1, -0.05) is 48.0 Å². The third-order valence-corrected chi connectivity index (χ3v) is 5.41. The second-order valence-electron chi connectivity index (χ2n) is 5.46. The Balaban J connectivity index is 1.79. The Morgan fingerprint density at radius 3 is 2.67 bits per heavy atom. The van der Waals surface area contributed by atoms with Crippen LogP contribution in [0.15, 0.2) is 60.9 Å². The molecule has 0 unspecified atom stereocenters. The van der Waals surface area contributed by atoms with Crippen LogP contribution in [-0.2, 0) is 0 Å². The quantitative estimate of drug-likeness (QED) is 0.487. The molecule has 0 bridgehead atoms. The lowest BCUT2D eigenvalue weighted by molar-refractivity contribution is 1.23. The predicted octanol–water partition coefficient (Wildman–Crippen LogP) is 6.06. The highest BCUT2D eigenvalue weighted by atomic mass is 35.5. The van der Waals surface area contributed by atoms with Gasteiger partial charge in [0, 0.05) is 15.6 Å². The fourth-order valence-electron chi connectivity index (χ4n) is 2.57. The first-order valence-corrected chi connectivity index (χ1v) is 8.74. The number of anilines is 2. The van der Waals surface area contributed by atoms with E-state index in [0.717, 1.165) is 32.3 Å². The number of thiophene rings is 1. The van der Waals surface area contributed by atoms with Gasteiger partial charge in [-0.3, -0.25) is 0 Å². The fourth-order valence-corrected chi connectivity index (χ4v) is 3.75. The van der Waals surface area contributed by atoms with Gasteiger partial charge in [-0.25, -0.2) is 9.97 Å². The van der Waals surface area contributed by atoms with Crippen molar-refractivity contribution in [3.05, 3.63) is 71.5 Å². The number of rotatable bonds is 3. The number of hydrogen-bond donors (Lipinski definition) is 1. The van der Waals surface area contributed by atoms with Crippen molar-refractivity contribution in [3.63, 3.8) is 0 Å². The fraction of sp³-hybridized carbons (Fsp3) is 0.0526. The van der Waals surface area contributed by atoms with Crippen LogP contribution in [0.25, 0.3) is 20.7 Å². The van der Waals surface area contributed by atoms with Gasteiger partial charge in [0.25, 0.3) is 0 Å². The van der Waals surface area contributed by atoms with Gasteiger partial charge in [-0.05, 0) is 36.2 Å². The molecule has 2 aromatic heterocycles. The van der Waals surface area contributed by atoms with Crippen LogP contribution >= 0.6 is 22.9 Å². The minimum absolute atomic E-state index is 0.737. The lowest BCUT2D eigenvalue weighted by Crippen LogP contribution is -1.96. The van der Waals surface area contributed by atoms with E-state index >= 15 is 0 Å². The zero-order valence-electron chi connectivity index (χ0n) is 13.0. The van der Waals surface area contributed by atoms with Gasteiger partial charge in [-0.15, -0.1) is 11.3 Å². The maximum atomic E-state index is 6.21. The smallest absolute Gasteiger partial charge is 0.142 e. The Hall–Kier alpha value is -2.43. The van der Waals surface area contributed by atoms with E-state index in [-0.39, 0.29) is 0 Å². The predicted molar refractivity (Wildman–Crippen MR) is 102 cm³/mol. The molecular weight excluding hydrogens is 338 g/mol. The van der Waals surface area contributed by atoms with Crippen molar-refractivity contribution >= 4 is 44.7 Å². The van der Waals surface area contributed by atoms with Gasteiger partial charge in [0.2, 0.25) is 0 Å². The first-order valence-electron chi connectivity index (χ1n) is 7.54. The van der Waals surface area contributed by atoms with Crippen molar-refractivity contribution in [1.82, 2.24) is 9.97 Å². The van der Waals surface area contributed by atoms with Crippen molar-refractivity contribution in [3.8, 4) is 10.4 Å². The van der Waals surface area contributed by atoms with E-state index in [4.69, 9.17) is 11.6 Å². The summed E-state index contributed by atoms with van der Waals surface area (Å²) in [4.78, 5) is 11.0. The molecule has 2 heterocycles. The van der Waals surface area contributed by atoms with E-state index in [1.54, 1.807) is 17.7 Å². The minimum Gasteiger partial charge on any atom is -0.339 e. The van der Waals surface area contributed by atoms with Crippen LogP contribution in [0.1, 0.15) is 5.56 Å². The molecule has 24 heavy (non-hydrogen) atoms. The molecule has 0 aliphatic rings. The molecule has 4 rings (SSSR count). The molecule has 0 aliphatic heterocycles. The number of halogens is 1. The van der Waals surface area contributed by atoms with E-state index < -0.39 is 0 Å². The van der Waals surface area contributed by atoms with Crippen molar-refractivity contribution < 1.29 is 0 Å². The van der Waals surface area contributed by atoms with Crippen molar-refractivity contribution in [2.75, 3.05) is 5.32 Å². The summed E-state index contributed by atoms with van der Waals surface area (Å²) < 4.78 is 0. The van der Waals surface area contributed by atoms with Crippen LogP contribution in [0.4, 0.5) is 11.5 Å². The Morgan fingerprint density at radius 2 is 1.83 bits per heavy atom. The first kappa shape index (κ1) is 15.1. The zero-order valence-corrected chi connectivity index (χ0v) is 14.5. The maximum absolute atomic E-state index is 6.21. The van der Waals surface area contributed by atoms with Crippen LogP contribution < -0.4 is 5.32 Å². The Bertz CT molecular complexity index is 1010. The molecule has 118 valence electrons. The molecule has 2 aromatic carbocycles. The van der Waals surface area contributed by atoms with Gasteiger partial charge in [0.05, 0.1) is 5.39 Å². The normalized spacial score (nSPS) is 10.9. The highest BCUT2D eigenvalue weighted by Gasteiger charge is 2.11. The molecule has 0 aliphatic carbocycles. The zero-order chi connectivity index (χ0) is 16.5. The molecule has 5 heteroatoms. The SMILES string of the molecule is Cc1c(Cl)cccc1Nc1ncnc2sc(-c3ccccc3)cc12. The highest BCUT2D eigenvalue weighted by molar-refractivity contribution is 7.21. The number of nitrogens with zero attached hydrogens (tertiary/aromatic N) is 2. The van der Waals surface area contributed by atoms with Gasteiger partial charge >= 0.3 is 0 Å². The largest absolute Gasteiger partial charge is 0.339 e. The second kappa shape index (κ2) is 6.23. The maximum Gasteiger partial charge on any atom is 0.142 e. The summed E-state index contributed by atoms with van der Waals surface area (Å²) in [6, 6.07) is 18.3. The van der Waals surface area contributed by atoms with Crippen molar-refractivity contribution in [2.24, 2.45) is 0 Å². The first-order chi connectivity index (χ1) is 11.7. The van der Waals surface area contributed by atoms with Gasteiger partial charge < -0.3 is 5.32 Å². The number of nitrogens with one attached hydrogen (secondary N) is 1. The topological polar surface area (TPSA) is 37.8 Å². The summed E-state index contributed by atoms with van der Waals surface area (Å²) in [7, 11) is 0. The Labute approximate surface area is 149 Å². The summed E-state index contributed by atoms with van der Waals surface area (Å²) in [5.41, 5.74) is 3.14. The van der Waals surface area contributed by atoms with E-state index in [0.29, 0.717) is 0 Å². The van der Waals surface area contributed by atoms with Crippen LogP contribution in [0.2, 0.25) is 5.02 Å². The monoisotopic (exact) mass is 351 g/mol. The van der Waals surface area contributed by atoms with Crippen LogP contribution in [0.3, 0.4) is 0 Å². The molecule has 0 spiro atoms. The number of benzene rings is 2. The van der Waals surface area contributed by atoms with Gasteiger partial charge in [0.15, 0.2) is 0 Å². The van der Waals surface area contributed by atoms with E-state index in [9.17, 15) is 0 Å². The molecule has 1 N–H and O–H groups in total. The molecule has 0 saturated heterocycles. The molecular formula is C19H14ClN3S. The summed E-state index contributed by atoms with van der Waals surface area (Å²) in [6.45, 7) is 1.99. The Morgan fingerprint density at radius 1 is 1.00 bits per heavy atom. The molecule has 0 saturated carbocycles. The number of fused-ring (bicyclic) bond motifs is 1. The van der Waals surface area contributed by atoms with Crippen LogP contribution in [0, 0.1) is 6.92 Å². The van der Waals surface area contributed by atoms with E-state index in [2.05, 4.69) is 33.5 Å². The molecule has 0 atom stereocenters. The summed E-state index contributed by atoms with van der Waals surface area (Å²) >= 11 is 7.88. The number of aromatic nitrogens is 2. The molecule has 0 fully saturated rings. The summed E-state index contributed by atoms with van der Waals surface area (Å²) in [5.74, 6) is 0.795. The lowest BCUT2D eigenvalue weighted by atomic mass is 10.1. The van der Waals surface area contributed by atoms with Gasteiger partial charge in [0.1, 0.15) is 17.0 Å². The average molecular weight is 352 g/mol. The third kappa shape index (κ3) is 2.75. The molecule has 4 aromatic rings. The second-order valence-corrected chi connectivity index (χ2v) is 6.89. The van der Waals surface area contributed by atoms with Crippen LogP contribution in [-0.4, -0.2) is 9.97 Å². The molecule has 3 nitrogen and oxygen atoms in total. The van der Waals surface area contributed by atoms with Gasteiger partial charge in [-0.2, -0.15) is 0 Å².